The van der Waals surface area contributed by atoms with E-state index in [0.29, 0.717) is 24.2 Å². The summed E-state index contributed by atoms with van der Waals surface area (Å²) in [7, 11) is -3.74. The van der Waals surface area contributed by atoms with E-state index < -0.39 is 10.0 Å². The van der Waals surface area contributed by atoms with Gasteiger partial charge >= 0.3 is 0 Å². The minimum atomic E-state index is -3.74. The molecule has 0 fully saturated rings. The van der Waals surface area contributed by atoms with Crippen LogP contribution < -0.4 is 4.31 Å². The van der Waals surface area contributed by atoms with E-state index in [0.717, 1.165) is 45.4 Å². The van der Waals surface area contributed by atoms with Crippen LogP contribution in [0.4, 0.5) is 5.69 Å². The average molecular weight is 437 g/mol. The quantitative estimate of drug-likeness (QED) is 0.626. The van der Waals surface area contributed by atoms with E-state index in [1.165, 1.54) is 0 Å². The van der Waals surface area contributed by atoms with Crippen molar-refractivity contribution in [2.24, 2.45) is 5.41 Å². The number of hydrogen-bond acceptors (Lipinski definition) is 3. The largest absolute Gasteiger partial charge is 0.358 e. The third-order valence-electron chi connectivity index (χ3n) is 6.69. The summed E-state index contributed by atoms with van der Waals surface area (Å²) in [5.74, 6) is 0.136. The smallest absolute Gasteiger partial charge is 0.264 e. The number of fused-ring (bicyclic) bond motifs is 4. The zero-order valence-electron chi connectivity index (χ0n) is 18.5. The van der Waals surface area contributed by atoms with Crippen molar-refractivity contribution in [1.29, 1.82) is 0 Å². The summed E-state index contributed by atoms with van der Waals surface area (Å²) in [5.41, 5.74) is 4.87. The molecule has 0 bridgehead atoms. The van der Waals surface area contributed by atoms with Crippen LogP contribution in [0.15, 0.2) is 41.3 Å². The first-order chi connectivity index (χ1) is 14.6. The van der Waals surface area contributed by atoms with Gasteiger partial charge in [-0.25, -0.2) is 8.42 Å². The first-order valence-electron chi connectivity index (χ1n) is 11.0. The van der Waals surface area contributed by atoms with Gasteiger partial charge in [0.05, 0.1) is 10.6 Å². The minimum absolute atomic E-state index is 0.0951. The van der Waals surface area contributed by atoms with Gasteiger partial charge in [0.1, 0.15) is 0 Å². The summed E-state index contributed by atoms with van der Waals surface area (Å²) >= 11 is 0. The fourth-order valence-corrected chi connectivity index (χ4v) is 7.36. The molecule has 0 saturated carbocycles. The Bertz CT molecular complexity index is 1330. The fraction of sp³-hybridized carbons (Fsp3) is 0.400. The molecule has 1 atom stereocenters. The normalized spacial score (nSPS) is 20.2. The summed E-state index contributed by atoms with van der Waals surface area (Å²) in [5, 5.41) is 0.848. The highest BCUT2D eigenvalue weighted by atomic mass is 32.2. The first kappa shape index (κ1) is 20.3. The van der Waals surface area contributed by atoms with Crippen molar-refractivity contribution in [3.63, 3.8) is 0 Å². The number of Topliss-reactive ketones (excluding diaryl/α,β-unsaturated/α-hetero) is 1. The lowest BCUT2D eigenvalue weighted by Gasteiger charge is -2.28. The van der Waals surface area contributed by atoms with Crippen molar-refractivity contribution in [1.82, 2.24) is 4.98 Å². The van der Waals surface area contributed by atoms with Crippen molar-refractivity contribution in [3.05, 3.63) is 58.8 Å². The van der Waals surface area contributed by atoms with Gasteiger partial charge in [-0.1, -0.05) is 39.0 Å². The van der Waals surface area contributed by atoms with Crippen LogP contribution in [0.2, 0.25) is 0 Å². The summed E-state index contributed by atoms with van der Waals surface area (Å²) in [6.45, 7) is 8.11. The van der Waals surface area contributed by atoms with Crippen LogP contribution in [0.25, 0.3) is 10.9 Å². The second-order valence-corrected chi connectivity index (χ2v) is 11.5. The number of H-pyrrole nitrogens is 1. The first-order valence-corrected chi connectivity index (χ1v) is 12.4. The SMILES string of the molecule is CCc1cc2c3c([nH]c2cc1S(=O)(=O)N1c2ccccc2CC1C)CC(C)(C)CC3=O. The summed E-state index contributed by atoms with van der Waals surface area (Å²) in [6.07, 6.45) is 2.58. The number of ketones is 1. The summed E-state index contributed by atoms with van der Waals surface area (Å²) in [4.78, 5) is 16.6. The lowest BCUT2D eigenvalue weighted by molar-refractivity contribution is 0.0913. The third kappa shape index (κ3) is 3.03. The molecule has 5 nitrogen and oxygen atoms in total. The molecule has 31 heavy (non-hydrogen) atoms. The Labute approximate surface area is 183 Å². The Morgan fingerprint density at radius 1 is 1.16 bits per heavy atom. The summed E-state index contributed by atoms with van der Waals surface area (Å²) in [6, 6.07) is 11.2. The number of nitrogens with zero attached hydrogens (tertiary/aromatic N) is 1. The number of aryl methyl sites for hydroxylation is 1. The second kappa shape index (κ2) is 6.70. The number of hydrogen-bond donors (Lipinski definition) is 1. The lowest BCUT2D eigenvalue weighted by Crippen LogP contribution is -2.36. The Morgan fingerprint density at radius 3 is 2.65 bits per heavy atom. The maximum absolute atomic E-state index is 13.9. The van der Waals surface area contributed by atoms with Gasteiger partial charge < -0.3 is 4.98 Å². The molecule has 0 saturated heterocycles. The maximum atomic E-state index is 13.9. The molecule has 6 heteroatoms. The Kier molecular flexibility index (Phi) is 4.39. The number of carbonyl (C=O) groups excluding carboxylic acids is 1. The van der Waals surface area contributed by atoms with E-state index in [4.69, 9.17) is 0 Å². The van der Waals surface area contributed by atoms with Crippen molar-refractivity contribution in [2.75, 3.05) is 4.31 Å². The predicted octanol–water partition coefficient (Wildman–Crippen LogP) is 5.03. The van der Waals surface area contributed by atoms with E-state index in [1.54, 1.807) is 10.4 Å². The number of sulfonamides is 1. The number of nitrogens with one attached hydrogen (secondary N) is 1. The molecular formula is C25H28N2O3S. The number of aromatic nitrogens is 1. The predicted molar refractivity (Wildman–Crippen MR) is 123 cm³/mol. The van der Waals surface area contributed by atoms with Gasteiger partial charge in [0, 0.05) is 34.6 Å². The van der Waals surface area contributed by atoms with Crippen LogP contribution in [0.3, 0.4) is 0 Å². The van der Waals surface area contributed by atoms with Crippen LogP contribution in [-0.2, 0) is 29.3 Å². The van der Waals surface area contributed by atoms with Crippen LogP contribution in [0.1, 0.15) is 61.3 Å². The molecule has 0 spiro atoms. The zero-order chi connectivity index (χ0) is 22.1. The summed E-state index contributed by atoms with van der Waals surface area (Å²) < 4.78 is 29.3. The molecule has 0 radical (unpaired) electrons. The number of aromatic amines is 1. The van der Waals surface area contributed by atoms with Crippen molar-refractivity contribution in [3.8, 4) is 0 Å². The van der Waals surface area contributed by atoms with Gasteiger partial charge in [-0.2, -0.15) is 0 Å². The number of anilines is 1. The highest BCUT2D eigenvalue weighted by Crippen LogP contribution is 2.41. The van der Waals surface area contributed by atoms with Gasteiger partial charge in [-0.3, -0.25) is 9.10 Å². The standard InChI is InChI=1S/C25H28N2O3S/c1-5-16-11-18-19(26-20-13-25(3,4)14-22(28)24(18)20)12-23(16)31(29,30)27-15(2)10-17-8-6-7-9-21(17)27/h6-9,11-12,15,26H,5,10,13-14H2,1-4H3. The molecule has 2 heterocycles. The maximum Gasteiger partial charge on any atom is 0.264 e. The van der Waals surface area contributed by atoms with Gasteiger partial charge in [0.15, 0.2) is 5.78 Å². The van der Waals surface area contributed by atoms with E-state index in [2.05, 4.69) is 18.8 Å². The van der Waals surface area contributed by atoms with E-state index >= 15 is 0 Å². The molecule has 0 amide bonds. The minimum Gasteiger partial charge on any atom is -0.358 e. The molecule has 5 rings (SSSR count). The van der Waals surface area contributed by atoms with Crippen molar-refractivity contribution < 1.29 is 13.2 Å². The molecular weight excluding hydrogens is 408 g/mol. The average Bonchev–Trinajstić information content (AvgIpc) is 3.21. The lowest BCUT2D eigenvalue weighted by atomic mass is 9.76. The van der Waals surface area contributed by atoms with Crippen LogP contribution in [0, 0.1) is 5.41 Å². The van der Waals surface area contributed by atoms with Gasteiger partial charge in [-0.05, 0) is 60.9 Å². The molecule has 162 valence electrons. The molecule has 1 N–H and O–H groups in total. The number of benzene rings is 2. The van der Waals surface area contributed by atoms with Gasteiger partial charge in [0.2, 0.25) is 0 Å². The van der Waals surface area contributed by atoms with Crippen molar-refractivity contribution >= 4 is 32.4 Å². The van der Waals surface area contributed by atoms with Crippen LogP contribution in [0.5, 0.6) is 0 Å². The van der Waals surface area contributed by atoms with Crippen LogP contribution >= 0.6 is 0 Å². The molecule has 1 aliphatic heterocycles. The number of para-hydroxylation sites is 1. The topological polar surface area (TPSA) is 70.2 Å². The van der Waals surface area contributed by atoms with E-state index in [9.17, 15) is 13.2 Å². The van der Waals surface area contributed by atoms with E-state index in [-0.39, 0.29) is 17.2 Å². The third-order valence-corrected chi connectivity index (χ3v) is 8.70. The van der Waals surface area contributed by atoms with Gasteiger partial charge in [-0.15, -0.1) is 0 Å². The fourth-order valence-electron chi connectivity index (χ4n) is 5.36. The molecule has 1 aliphatic carbocycles. The molecule has 3 aromatic rings. The highest BCUT2D eigenvalue weighted by molar-refractivity contribution is 7.93. The molecule has 1 aromatic heterocycles. The molecule has 2 aromatic carbocycles. The number of carbonyl (C=O) groups is 1. The number of rotatable bonds is 3. The Balaban J connectivity index is 1.70. The Hall–Kier alpha value is -2.60. The molecule has 2 aliphatic rings. The molecule has 1 unspecified atom stereocenters. The van der Waals surface area contributed by atoms with Crippen LogP contribution in [-0.4, -0.2) is 25.2 Å². The van der Waals surface area contributed by atoms with Gasteiger partial charge in [0.25, 0.3) is 10.0 Å². The Morgan fingerprint density at radius 2 is 1.90 bits per heavy atom. The van der Waals surface area contributed by atoms with Crippen molar-refractivity contribution in [2.45, 2.75) is 64.3 Å². The zero-order valence-corrected chi connectivity index (χ0v) is 19.3. The monoisotopic (exact) mass is 436 g/mol. The van der Waals surface area contributed by atoms with E-state index in [1.807, 2.05) is 44.2 Å². The second-order valence-electron chi connectivity index (χ2n) is 9.76. The highest BCUT2D eigenvalue weighted by Gasteiger charge is 2.38.